The molecule has 0 saturated heterocycles. The van der Waals surface area contributed by atoms with Gasteiger partial charge in [0.25, 0.3) is 10.0 Å². The molecule has 2 rings (SSSR count). The van der Waals surface area contributed by atoms with Gasteiger partial charge < -0.3 is 10.8 Å². The van der Waals surface area contributed by atoms with E-state index in [0.717, 1.165) is 6.07 Å². The Kier molecular flexibility index (Phi) is 4.81. The van der Waals surface area contributed by atoms with Gasteiger partial charge in [-0.15, -0.1) is 0 Å². The summed E-state index contributed by atoms with van der Waals surface area (Å²) < 4.78 is 27.1. The van der Waals surface area contributed by atoms with E-state index in [1.807, 2.05) is 0 Å². The van der Waals surface area contributed by atoms with Crippen molar-refractivity contribution in [3.63, 3.8) is 0 Å². The van der Waals surface area contributed by atoms with Gasteiger partial charge >= 0.3 is 5.97 Å². The highest BCUT2D eigenvalue weighted by molar-refractivity contribution is 7.92. The van der Waals surface area contributed by atoms with Gasteiger partial charge in [-0.25, -0.2) is 13.2 Å². The second-order valence-electron chi connectivity index (χ2n) is 4.95. The lowest BCUT2D eigenvalue weighted by atomic mass is 10.1. The van der Waals surface area contributed by atoms with Gasteiger partial charge in [-0.1, -0.05) is 17.7 Å². The Morgan fingerprint density at radius 2 is 1.79 bits per heavy atom. The zero-order valence-corrected chi connectivity index (χ0v) is 14.0. The van der Waals surface area contributed by atoms with Crippen LogP contribution in [0, 0.1) is 6.92 Å². The second kappa shape index (κ2) is 6.50. The Morgan fingerprint density at radius 1 is 1.12 bits per heavy atom. The molecule has 2 aromatic carbocycles. The van der Waals surface area contributed by atoms with E-state index in [-0.39, 0.29) is 26.7 Å². The van der Waals surface area contributed by atoms with E-state index in [9.17, 15) is 18.0 Å². The number of aryl methyl sites for hydroxylation is 1. The Labute approximate surface area is 143 Å². The van der Waals surface area contributed by atoms with Gasteiger partial charge in [0, 0.05) is 5.69 Å². The molecule has 0 aromatic heterocycles. The highest BCUT2D eigenvalue weighted by Gasteiger charge is 2.19. The summed E-state index contributed by atoms with van der Waals surface area (Å²) in [5.74, 6) is -2.03. The monoisotopic (exact) mass is 368 g/mol. The van der Waals surface area contributed by atoms with Gasteiger partial charge in [-0.05, 0) is 42.8 Å². The SMILES string of the molecule is Cc1ccc(S(=O)(=O)Nc2ccc(Cl)c(C(N)=O)c2)cc1C(=O)O. The van der Waals surface area contributed by atoms with Gasteiger partial charge in [0.1, 0.15) is 0 Å². The Balaban J connectivity index is 2.42. The molecule has 2 aromatic rings. The zero-order chi connectivity index (χ0) is 18.1. The third-order valence-electron chi connectivity index (χ3n) is 3.23. The quantitative estimate of drug-likeness (QED) is 0.745. The number of amides is 1. The minimum absolute atomic E-state index is 0.0352. The van der Waals surface area contributed by atoms with Crippen molar-refractivity contribution in [2.75, 3.05) is 4.72 Å². The maximum atomic E-state index is 12.4. The van der Waals surface area contributed by atoms with Crippen molar-refractivity contribution in [1.29, 1.82) is 0 Å². The Morgan fingerprint density at radius 3 is 2.38 bits per heavy atom. The first-order chi connectivity index (χ1) is 11.1. The summed E-state index contributed by atoms with van der Waals surface area (Å²) in [7, 11) is -4.05. The van der Waals surface area contributed by atoms with E-state index in [0.29, 0.717) is 5.56 Å². The third-order valence-corrected chi connectivity index (χ3v) is 4.94. The molecule has 0 spiro atoms. The molecule has 4 N–H and O–H groups in total. The number of aromatic carboxylic acids is 1. The molecular formula is C15H13ClN2O5S. The standard InChI is InChI=1S/C15H13ClN2O5S/c1-8-2-4-10(7-11(8)15(20)21)24(22,23)18-9-3-5-13(16)12(6-9)14(17)19/h2-7,18H,1H3,(H2,17,19)(H,20,21). The van der Waals surface area contributed by atoms with Crippen LogP contribution in [0.25, 0.3) is 0 Å². The molecule has 9 heteroatoms. The summed E-state index contributed by atoms with van der Waals surface area (Å²) in [6.07, 6.45) is 0. The second-order valence-corrected chi connectivity index (χ2v) is 7.04. The number of sulfonamides is 1. The fourth-order valence-corrected chi connectivity index (χ4v) is 3.28. The maximum Gasteiger partial charge on any atom is 0.335 e. The summed E-state index contributed by atoms with van der Waals surface area (Å²) in [5, 5.41) is 9.18. The number of nitrogens with one attached hydrogen (secondary N) is 1. The number of rotatable bonds is 5. The molecule has 0 saturated carbocycles. The molecule has 24 heavy (non-hydrogen) atoms. The number of anilines is 1. The van der Waals surface area contributed by atoms with Crippen LogP contribution in [0.15, 0.2) is 41.3 Å². The molecule has 0 bridgehead atoms. The van der Waals surface area contributed by atoms with Gasteiger partial charge in [-0.2, -0.15) is 0 Å². The summed E-state index contributed by atoms with van der Waals surface area (Å²) in [6.45, 7) is 1.56. The highest BCUT2D eigenvalue weighted by Crippen LogP contribution is 2.23. The van der Waals surface area contributed by atoms with Gasteiger partial charge in [-0.3, -0.25) is 9.52 Å². The van der Waals surface area contributed by atoms with Crippen molar-refractivity contribution in [2.45, 2.75) is 11.8 Å². The first-order valence-electron chi connectivity index (χ1n) is 6.58. The lowest BCUT2D eigenvalue weighted by Gasteiger charge is -2.11. The van der Waals surface area contributed by atoms with E-state index >= 15 is 0 Å². The molecule has 0 aliphatic heterocycles. The molecule has 0 fully saturated rings. The number of hydrogen-bond donors (Lipinski definition) is 3. The number of primary amides is 1. The molecule has 0 aliphatic carbocycles. The number of nitrogens with two attached hydrogens (primary N) is 1. The predicted octanol–water partition coefficient (Wildman–Crippen LogP) is 2.25. The first-order valence-corrected chi connectivity index (χ1v) is 8.44. The fraction of sp³-hybridized carbons (Fsp3) is 0.0667. The van der Waals surface area contributed by atoms with E-state index in [4.69, 9.17) is 22.4 Å². The van der Waals surface area contributed by atoms with Gasteiger partial charge in [0.2, 0.25) is 5.91 Å². The van der Waals surface area contributed by atoms with Crippen molar-refractivity contribution in [2.24, 2.45) is 5.73 Å². The van der Waals surface area contributed by atoms with Crippen LogP contribution in [0.2, 0.25) is 5.02 Å². The minimum Gasteiger partial charge on any atom is -0.478 e. The van der Waals surface area contributed by atoms with Crippen molar-refractivity contribution in [3.05, 3.63) is 58.1 Å². The van der Waals surface area contributed by atoms with Crippen LogP contribution in [0.1, 0.15) is 26.3 Å². The molecule has 0 unspecified atom stereocenters. The van der Waals surface area contributed by atoms with Crippen LogP contribution < -0.4 is 10.5 Å². The molecule has 1 amide bonds. The maximum absolute atomic E-state index is 12.4. The first kappa shape index (κ1) is 17.8. The summed E-state index contributed by atoms with van der Waals surface area (Å²) in [6, 6.07) is 7.64. The number of benzene rings is 2. The average molecular weight is 369 g/mol. The van der Waals surface area contributed by atoms with Crippen LogP contribution in [-0.4, -0.2) is 25.4 Å². The average Bonchev–Trinajstić information content (AvgIpc) is 2.48. The predicted molar refractivity (Wildman–Crippen MR) is 88.9 cm³/mol. The number of carboxylic acids is 1. The lowest BCUT2D eigenvalue weighted by molar-refractivity contribution is 0.0695. The van der Waals surface area contributed by atoms with Crippen LogP contribution in [0.5, 0.6) is 0 Å². The van der Waals surface area contributed by atoms with E-state index in [1.54, 1.807) is 6.92 Å². The molecule has 0 atom stereocenters. The lowest BCUT2D eigenvalue weighted by Crippen LogP contribution is -2.16. The number of carbonyl (C=O) groups is 2. The van der Waals surface area contributed by atoms with Crippen molar-refractivity contribution >= 4 is 39.2 Å². The normalized spacial score (nSPS) is 11.1. The van der Waals surface area contributed by atoms with Gasteiger partial charge in [0.15, 0.2) is 0 Å². The van der Waals surface area contributed by atoms with Crippen molar-refractivity contribution in [1.82, 2.24) is 0 Å². The van der Waals surface area contributed by atoms with E-state index < -0.39 is 21.9 Å². The number of carboxylic acid groups (broad SMARTS) is 1. The molecule has 0 aliphatic rings. The van der Waals surface area contributed by atoms with Crippen molar-refractivity contribution < 1.29 is 23.1 Å². The van der Waals surface area contributed by atoms with E-state index in [1.165, 1.54) is 30.3 Å². The van der Waals surface area contributed by atoms with Crippen LogP contribution >= 0.6 is 11.6 Å². The Bertz CT molecular complexity index is 941. The zero-order valence-electron chi connectivity index (χ0n) is 12.4. The third kappa shape index (κ3) is 3.66. The smallest absolute Gasteiger partial charge is 0.335 e. The molecule has 126 valence electrons. The van der Waals surface area contributed by atoms with Crippen LogP contribution in [0.4, 0.5) is 5.69 Å². The summed E-state index contributed by atoms with van der Waals surface area (Å²) in [5.41, 5.74) is 5.52. The molecule has 7 nitrogen and oxygen atoms in total. The summed E-state index contributed by atoms with van der Waals surface area (Å²) >= 11 is 5.81. The van der Waals surface area contributed by atoms with Crippen LogP contribution in [-0.2, 0) is 10.0 Å². The summed E-state index contributed by atoms with van der Waals surface area (Å²) in [4.78, 5) is 22.2. The Hall–Kier alpha value is -2.58. The minimum atomic E-state index is -4.05. The number of hydrogen-bond acceptors (Lipinski definition) is 4. The number of halogens is 1. The fourth-order valence-electron chi connectivity index (χ4n) is 1.99. The molecule has 0 heterocycles. The van der Waals surface area contributed by atoms with Gasteiger partial charge in [0.05, 0.1) is 21.0 Å². The topological polar surface area (TPSA) is 127 Å². The van der Waals surface area contributed by atoms with E-state index in [2.05, 4.69) is 4.72 Å². The van der Waals surface area contributed by atoms with Crippen molar-refractivity contribution in [3.8, 4) is 0 Å². The largest absolute Gasteiger partial charge is 0.478 e. The van der Waals surface area contributed by atoms with Crippen LogP contribution in [0.3, 0.4) is 0 Å². The molecular weight excluding hydrogens is 356 g/mol. The highest BCUT2D eigenvalue weighted by atomic mass is 35.5. The molecule has 0 radical (unpaired) electrons. The number of carbonyl (C=O) groups excluding carboxylic acids is 1.